The van der Waals surface area contributed by atoms with Gasteiger partial charge in [-0.15, -0.1) is 0 Å². The predicted molar refractivity (Wildman–Crippen MR) is 184 cm³/mol. The van der Waals surface area contributed by atoms with Gasteiger partial charge in [0, 0.05) is 6.42 Å². The van der Waals surface area contributed by atoms with Crippen molar-refractivity contribution in [3.63, 3.8) is 0 Å². The van der Waals surface area contributed by atoms with Crippen LogP contribution in [0.15, 0.2) is 48.6 Å². The van der Waals surface area contributed by atoms with Crippen molar-refractivity contribution in [2.45, 2.75) is 167 Å². The number of aliphatic hydroxyl groups excluding tert-OH is 1. The molecular formula is C36H65NO5S. The Morgan fingerprint density at radius 3 is 1.60 bits per heavy atom. The molecule has 0 aromatic carbocycles. The highest BCUT2D eigenvalue weighted by molar-refractivity contribution is 7.85. The van der Waals surface area contributed by atoms with E-state index in [0.29, 0.717) is 12.8 Å². The third kappa shape index (κ3) is 31.5. The van der Waals surface area contributed by atoms with Crippen LogP contribution < -0.4 is 5.32 Å². The van der Waals surface area contributed by atoms with Crippen LogP contribution in [0.2, 0.25) is 0 Å². The minimum absolute atomic E-state index is 0.265. The van der Waals surface area contributed by atoms with Crippen LogP contribution in [0.3, 0.4) is 0 Å². The molecule has 0 saturated heterocycles. The number of hydrogen-bond donors (Lipinski definition) is 3. The molecule has 250 valence electrons. The number of aliphatic hydroxyl groups is 1. The molecule has 0 aromatic heterocycles. The zero-order valence-electron chi connectivity index (χ0n) is 27.6. The number of amides is 1. The van der Waals surface area contributed by atoms with Crippen LogP contribution in [-0.4, -0.2) is 41.9 Å². The van der Waals surface area contributed by atoms with Crippen LogP contribution in [-0.2, 0) is 14.9 Å². The van der Waals surface area contributed by atoms with E-state index in [2.05, 4.69) is 67.8 Å². The Labute approximate surface area is 265 Å². The summed E-state index contributed by atoms with van der Waals surface area (Å²) in [5.74, 6) is -0.955. The second-order valence-electron chi connectivity index (χ2n) is 11.8. The minimum Gasteiger partial charge on any atom is -0.391 e. The number of nitrogens with one attached hydrogen (secondary N) is 1. The molecular weight excluding hydrogens is 558 g/mol. The van der Waals surface area contributed by atoms with E-state index in [1.807, 2.05) is 0 Å². The molecule has 0 rings (SSSR count). The summed E-state index contributed by atoms with van der Waals surface area (Å²) in [6, 6.07) is -0.992. The molecule has 0 aliphatic heterocycles. The normalized spacial score (nSPS) is 14.0. The number of hydrogen-bond acceptors (Lipinski definition) is 4. The Balaban J connectivity index is 4.06. The van der Waals surface area contributed by atoms with Gasteiger partial charge in [-0.2, -0.15) is 8.42 Å². The van der Waals surface area contributed by atoms with Crippen molar-refractivity contribution >= 4 is 16.0 Å². The number of allylic oxidation sites excluding steroid dienone is 8. The number of carbonyl (C=O) groups is 1. The third-order valence-corrected chi connectivity index (χ3v) is 8.33. The molecule has 2 atom stereocenters. The van der Waals surface area contributed by atoms with Gasteiger partial charge in [0.2, 0.25) is 5.91 Å². The van der Waals surface area contributed by atoms with Gasteiger partial charge in [-0.25, -0.2) is 0 Å². The molecule has 3 N–H and O–H groups in total. The van der Waals surface area contributed by atoms with Crippen molar-refractivity contribution in [2.24, 2.45) is 0 Å². The second-order valence-corrected chi connectivity index (χ2v) is 13.3. The van der Waals surface area contributed by atoms with Crippen LogP contribution in [0.1, 0.15) is 155 Å². The fraction of sp³-hybridized carbons (Fsp3) is 0.750. The van der Waals surface area contributed by atoms with Gasteiger partial charge in [-0.1, -0.05) is 146 Å². The van der Waals surface area contributed by atoms with E-state index < -0.39 is 28.0 Å². The van der Waals surface area contributed by atoms with Crippen LogP contribution >= 0.6 is 0 Å². The molecule has 0 spiro atoms. The average Bonchev–Trinajstić information content (AvgIpc) is 2.96. The van der Waals surface area contributed by atoms with Crippen molar-refractivity contribution in [3.8, 4) is 0 Å². The van der Waals surface area contributed by atoms with Gasteiger partial charge in [0.25, 0.3) is 10.1 Å². The molecule has 6 nitrogen and oxygen atoms in total. The summed E-state index contributed by atoms with van der Waals surface area (Å²) in [6.07, 6.45) is 39.1. The molecule has 0 heterocycles. The molecule has 2 unspecified atom stereocenters. The first kappa shape index (κ1) is 41.3. The summed E-state index contributed by atoms with van der Waals surface area (Å²) in [7, 11) is -4.32. The van der Waals surface area contributed by atoms with E-state index >= 15 is 0 Å². The largest absolute Gasteiger partial charge is 0.391 e. The molecule has 0 aromatic rings. The molecule has 0 aliphatic carbocycles. The number of carbonyl (C=O) groups excluding carboxylic acids is 1. The number of rotatable bonds is 30. The van der Waals surface area contributed by atoms with E-state index in [1.165, 1.54) is 64.2 Å². The monoisotopic (exact) mass is 623 g/mol. The summed E-state index contributed by atoms with van der Waals surface area (Å²) in [5.41, 5.74) is 0. The first-order valence-electron chi connectivity index (χ1n) is 17.3. The van der Waals surface area contributed by atoms with Gasteiger partial charge < -0.3 is 10.4 Å². The SMILES string of the molecule is CC/C=C\C/C=C\C/C=C\C/C=C\CCCCC(=O)NC(CS(=O)(=O)O)C(O)CCCCCCCCCCCCCCC. The molecule has 0 saturated carbocycles. The Hall–Kier alpha value is -1.70. The smallest absolute Gasteiger partial charge is 0.266 e. The highest BCUT2D eigenvalue weighted by Crippen LogP contribution is 2.15. The topological polar surface area (TPSA) is 104 Å². The molecule has 43 heavy (non-hydrogen) atoms. The van der Waals surface area contributed by atoms with Crippen molar-refractivity contribution in [2.75, 3.05) is 5.75 Å². The van der Waals surface area contributed by atoms with Gasteiger partial charge in [0.1, 0.15) is 0 Å². The van der Waals surface area contributed by atoms with Crippen LogP contribution in [0, 0.1) is 0 Å². The molecule has 1 amide bonds. The first-order chi connectivity index (χ1) is 20.8. The lowest BCUT2D eigenvalue weighted by atomic mass is 10.0. The summed E-state index contributed by atoms with van der Waals surface area (Å²) in [5, 5.41) is 13.2. The van der Waals surface area contributed by atoms with E-state index in [4.69, 9.17) is 0 Å². The van der Waals surface area contributed by atoms with E-state index in [9.17, 15) is 22.9 Å². The van der Waals surface area contributed by atoms with Crippen molar-refractivity contribution < 1.29 is 22.9 Å². The Morgan fingerprint density at radius 2 is 1.12 bits per heavy atom. The van der Waals surface area contributed by atoms with E-state index in [-0.39, 0.29) is 12.3 Å². The van der Waals surface area contributed by atoms with Crippen molar-refractivity contribution in [3.05, 3.63) is 48.6 Å². The van der Waals surface area contributed by atoms with Crippen LogP contribution in [0.5, 0.6) is 0 Å². The molecule has 0 aliphatic rings. The lowest BCUT2D eigenvalue weighted by molar-refractivity contribution is -0.122. The lowest BCUT2D eigenvalue weighted by Gasteiger charge is -2.23. The predicted octanol–water partition coefficient (Wildman–Crippen LogP) is 9.57. The van der Waals surface area contributed by atoms with Crippen molar-refractivity contribution in [1.82, 2.24) is 5.32 Å². The molecule has 0 radical (unpaired) electrons. The maximum atomic E-state index is 12.4. The first-order valence-corrected chi connectivity index (χ1v) is 18.9. The fourth-order valence-electron chi connectivity index (χ4n) is 4.97. The number of unbranched alkanes of at least 4 members (excludes halogenated alkanes) is 14. The fourth-order valence-corrected chi connectivity index (χ4v) is 5.73. The van der Waals surface area contributed by atoms with Crippen LogP contribution in [0.25, 0.3) is 0 Å². The van der Waals surface area contributed by atoms with Gasteiger partial charge >= 0.3 is 0 Å². The highest BCUT2D eigenvalue weighted by Gasteiger charge is 2.26. The maximum absolute atomic E-state index is 12.4. The Bertz CT molecular complexity index is 863. The molecule has 7 heteroatoms. The maximum Gasteiger partial charge on any atom is 0.266 e. The quantitative estimate of drug-likeness (QED) is 0.0420. The van der Waals surface area contributed by atoms with E-state index in [1.54, 1.807) is 0 Å². The van der Waals surface area contributed by atoms with Gasteiger partial charge in [0.15, 0.2) is 0 Å². The summed E-state index contributed by atoms with van der Waals surface area (Å²) in [6.45, 7) is 4.38. The Morgan fingerprint density at radius 1 is 0.651 bits per heavy atom. The third-order valence-electron chi connectivity index (χ3n) is 7.55. The lowest BCUT2D eigenvalue weighted by Crippen LogP contribution is -2.47. The molecule has 0 bridgehead atoms. The van der Waals surface area contributed by atoms with Crippen molar-refractivity contribution in [1.29, 1.82) is 0 Å². The average molecular weight is 624 g/mol. The standard InChI is InChI=1S/C36H65NO5S/c1-3-5-7-9-11-13-15-17-18-20-22-24-26-28-30-32-36(39)37-34(33-43(40,41)42)35(38)31-29-27-25-23-21-19-16-14-12-10-8-6-4-2/h5,7,11,13,17-18,22,24,34-35,38H,3-4,6,8-10,12,14-16,19-21,23,25-33H2,1-2H3,(H,37,39)(H,40,41,42)/b7-5-,13-11-,18-17-,24-22-. The zero-order chi connectivity index (χ0) is 31.9. The molecule has 0 fully saturated rings. The van der Waals surface area contributed by atoms with Gasteiger partial charge in [-0.05, 0) is 51.4 Å². The van der Waals surface area contributed by atoms with E-state index in [0.717, 1.165) is 57.8 Å². The summed E-state index contributed by atoms with van der Waals surface area (Å²) >= 11 is 0. The van der Waals surface area contributed by atoms with Gasteiger partial charge in [-0.3, -0.25) is 9.35 Å². The Kier molecular flexibility index (Phi) is 29.1. The zero-order valence-corrected chi connectivity index (χ0v) is 28.4. The highest BCUT2D eigenvalue weighted by atomic mass is 32.2. The van der Waals surface area contributed by atoms with Crippen LogP contribution in [0.4, 0.5) is 0 Å². The summed E-state index contributed by atoms with van der Waals surface area (Å²) in [4.78, 5) is 12.4. The minimum atomic E-state index is -4.32. The van der Waals surface area contributed by atoms with Gasteiger partial charge in [0.05, 0.1) is 17.9 Å². The second kappa shape index (κ2) is 30.3. The summed E-state index contributed by atoms with van der Waals surface area (Å²) < 4.78 is 32.3.